The number of sulfone groups is 1. The molecule has 0 aromatic heterocycles. The van der Waals surface area contributed by atoms with Gasteiger partial charge >= 0.3 is 0 Å². The number of nitrogens with one attached hydrogen (secondary N) is 1. The lowest BCUT2D eigenvalue weighted by Gasteiger charge is -2.00. The highest BCUT2D eigenvalue weighted by molar-refractivity contribution is 7.90. The fourth-order valence-electron chi connectivity index (χ4n) is 1.35. The van der Waals surface area contributed by atoms with Crippen molar-refractivity contribution in [3.63, 3.8) is 0 Å². The van der Waals surface area contributed by atoms with Gasteiger partial charge in [0.05, 0.1) is 16.1 Å². The number of anilines is 1. The second kappa shape index (κ2) is 2.90. The van der Waals surface area contributed by atoms with E-state index in [-0.39, 0.29) is 10.5 Å². The third kappa shape index (κ3) is 1.52. The molecular formula is C9H7NO4S. The predicted molar refractivity (Wildman–Crippen MR) is 52.5 cm³/mol. The number of Topliss-reactive ketones (excluding diaryl/α,β-unsaturated/α-hetero) is 1. The van der Waals surface area contributed by atoms with E-state index in [4.69, 9.17) is 0 Å². The Morgan fingerprint density at radius 3 is 2.47 bits per heavy atom. The fraction of sp³-hybridized carbons (Fsp3) is 0.111. The summed E-state index contributed by atoms with van der Waals surface area (Å²) < 4.78 is 22.4. The molecule has 2 rings (SSSR count). The lowest BCUT2D eigenvalue weighted by molar-refractivity contribution is -0.112. The molecule has 6 heteroatoms. The first-order valence-electron chi connectivity index (χ1n) is 4.09. The van der Waals surface area contributed by atoms with Crippen molar-refractivity contribution in [1.29, 1.82) is 0 Å². The van der Waals surface area contributed by atoms with Crippen LogP contribution in [0.1, 0.15) is 10.4 Å². The first-order chi connectivity index (χ1) is 6.89. The van der Waals surface area contributed by atoms with Crippen molar-refractivity contribution in [2.45, 2.75) is 4.90 Å². The molecule has 1 aromatic rings. The van der Waals surface area contributed by atoms with E-state index in [1.54, 1.807) is 0 Å². The van der Waals surface area contributed by atoms with Crippen LogP contribution in [0.25, 0.3) is 0 Å². The van der Waals surface area contributed by atoms with Crippen LogP contribution in [-0.2, 0) is 14.6 Å². The molecule has 1 aliphatic rings. The number of ketones is 1. The minimum atomic E-state index is -3.36. The Labute approximate surface area is 86.0 Å². The van der Waals surface area contributed by atoms with E-state index in [2.05, 4.69) is 5.32 Å². The maximum atomic E-state index is 11.3. The van der Waals surface area contributed by atoms with Gasteiger partial charge in [-0.15, -0.1) is 0 Å². The van der Waals surface area contributed by atoms with Crippen LogP contribution in [0.5, 0.6) is 0 Å². The van der Waals surface area contributed by atoms with E-state index >= 15 is 0 Å². The molecule has 1 heterocycles. The van der Waals surface area contributed by atoms with Crippen LogP contribution in [0, 0.1) is 0 Å². The molecule has 0 bridgehead atoms. The van der Waals surface area contributed by atoms with Crippen LogP contribution >= 0.6 is 0 Å². The van der Waals surface area contributed by atoms with Crippen molar-refractivity contribution < 1.29 is 18.0 Å². The predicted octanol–water partition coefficient (Wildman–Crippen LogP) is 0.225. The van der Waals surface area contributed by atoms with Crippen molar-refractivity contribution in [2.75, 3.05) is 11.6 Å². The van der Waals surface area contributed by atoms with Gasteiger partial charge in [0.25, 0.3) is 11.7 Å². The van der Waals surface area contributed by atoms with E-state index < -0.39 is 21.5 Å². The van der Waals surface area contributed by atoms with Gasteiger partial charge in [-0.1, -0.05) is 0 Å². The Balaban J connectivity index is 2.64. The number of carbonyl (C=O) groups is 2. The largest absolute Gasteiger partial charge is 0.318 e. The van der Waals surface area contributed by atoms with Gasteiger partial charge in [-0.2, -0.15) is 0 Å². The molecule has 1 amide bonds. The van der Waals surface area contributed by atoms with Crippen LogP contribution in [0.2, 0.25) is 0 Å². The molecule has 0 atom stereocenters. The molecule has 0 saturated carbocycles. The summed E-state index contributed by atoms with van der Waals surface area (Å²) in [6, 6.07) is 3.98. The highest BCUT2D eigenvalue weighted by Gasteiger charge is 2.28. The van der Waals surface area contributed by atoms with Gasteiger partial charge in [-0.3, -0.25) is 9.59 Å². The third-order valence-corrected chi connectivity index (χ3v) is 3.23. The molecule has 0 fully saturated rings. The summed E-state index contributed by atoms with van der Waals surface area (Å²) in [6.07, 6.45) is 1.05. The molecule has 0 saturated heterocycles. The number of benzene rings is 1. The van der Waals surface area contributed by atoms with Crippen LogP contribution in [0.15, 0.2) is 23.1 Å². The van der Waals surface area contributed by atoms with Crippen LogP contribution in [0.4, 0.5) is 5.69 Å². The summed E-state index contributed by atoms with van der Waals surface area (Å²) in [6.45, 7) is 0. The maximum absolute atomic E-state index is 11.3. The first kappa shape index (κ1) is 9.85. The van der Waals surface area contributed by atoms with Gasteiger partial charge in [-0.05, 0) is 18.2 Å². The van der Waals surface area contributed by atoms with Gasteiger partial charge < -0.3 is 5.32 Å². The highest BCUT2D eigenvalue weighted by atomic mass is 32.2. The monoisotopic (exact) mass is 225 g/mol. The van der Waals surface area contributed by atoms with Crippen LogP contribution in [0.3, 0.4) is 0 Å². The van der Waals surface area contributed by atoms with E-state index in [9.17, 15) is 18.0 Å². The Morgan fingerprint density at radius 1 is 1.20 bits per heavy atom. The molecular weight excluding hydrogens is 218 g/mol. The lowest BCUT2D eigenvalue weighted by atomic mass is 10.1. The number of carbonyl (C=O) groups excluding carboxylic acids is 2. The topological polar surface area (TPSA) is 80.3 Å². The summed E-state index contributed by atoms with van der Waals surface area (Å²) >= 11 is 0. The van der Waals surface area contributed by atoms with Crippen LogP contribution < -0.4 is 5.32 Å². The lowest BCUT2D eigenvalue weighted by Crippen LogP contribution is -2.12. The zero-order valence-electron chi connectivity index (χ0n) is 7.77. The minimum absolute atomic E-state index is 0.0334. The van der Waals surface area contributed by atoms with Gasteiger partial charge in [0, 0.05) is 6.26 Å². The Kier molecular flexibility index (Phi) is 1.90. The van der Waals surface area contributed by atoms with Gasteiger partial charge in [-0.25, -0.2) is 8.42 Å². The first-order valence-corrected chi connectivity index (χ1v) is 5.98. The van der Waals surface area contributed by atoms with Crippen molar-refractivity contribution >= 4 is 27.2 Å². The highest BCUT2D eigenvalue weighted by Crippen LogP contribution is 2.25. The van der Waals surface area contributed by atoms with E-state index in [1.807, 2.05) is 0 Å². The number of hydrogen-bond acceptors (Lipinski definition) is 4. The molecule has 1 aromatic carbocycles. The standard InChI is InChI=1S/C9H7NO4S/c1-15(13,14)5-2-3-7-6(4-5)8(11)9(12)10-7/h2-4H,1H3,(H,10,11,12). The maximum Gasteiger partial charge on any atom is 0.296 e. The SMILES string of the molecule is CS(=O)(=O)c1ccc2c(c1)C(=O)C(=O)N2. The number of rotatable bonds is 1. The summed E-state index contributed by atoms with van der Waals surface area (Å²) in [5.74, 6) is -1.42. The minimum Gasteiger partial charge on any atom is -0.318 e. The van der Waals surface area contributed by atoms with Crippen molar-refractivity contribution in [1.82, 2.24) is 0 Å². The van der Waals surface area contributed by atoms with Crippen molar-refractivity contribution in [2.24, 2.45) is 0 Å². The number of fused-ring (bicyclic) bond motifs is 1. The Morgan fingerprint density at radius 2 is 1.87 bits per heavy atom. The van der Waals surface area contributed by atoms with Gasteiger partial charge in [0.1, 0.15) is 0 Å². The average Bonchev–Trinajstić information content (AvgIpc) is 2.41. The van der Waals surface area contributed by atoms with Crippen LogP contribution in [-0.4, -0.2) is 26.4 Å². The molecule has 5 nitrogen and oxygen atoms in total. The molecule has 0 spiro atoms. The second-order valence-electron chi connectivity index (χ2n) is 3.26. The normalized spacial score (nSPS) is 15.0. The molecule has 0 unspecified atom stereocenters. The zero-order valence-corrected chi connectivity index (χ0v) is 8.59. The summed E-state index contributed by atoms with van der Waals surface area (Å²) in [4.78, 5) is 22.3. The molecule has 0 aliphatic carbocycles. The third-order valence-electron chi connectivity index (χ3n) is 2.12. The summed E-state index contributed by atoms with van der Waals surface area (Å²) in [7, 11) is -3.36. The molecule has 1 aliphatic heterocycles. The molecule has 78 valence electrons. The number of amides is 1. The Hall–Kier alpha value is -1.69. The number of hydrogen-bond donors (Lipinski definition) is 1. The summed E-state index contributed by atoms with van der Waals surface area (Å²) in [5, 5.41) is 2.34. The second-order valence-corrected chi connectivity index (χ2v) is 5.28. The quantitative estimate of drug-likeness (QED) is 0.693. The van der Waals surface area contributed by atoms with Gasteiger partial charge in [0.15, 0.2) is 9.84 Å². The van der Waals surface area contributed by atoms with E-state index in [1.165, 1.54) is 18.2 Å². The smallest absolute Gasteiger partial charge is 0.296 e. The Bertz CT molecular complexity index is 574. The molecule has 1 N–H and O–H groups in total. The van der Waals surface area contributed by atoms with Crippen molar-refractivity contribution in [3.05, 3.63) is 23.8 Å². The van der Waals surface area contributed by atoms with E-state index in [0.29, 0.717) is 5.69 Å². The zero-order chi connectivity index (χ0) is 11.2. The average molecular weight is 225 g/mol. The molecule has 15 heavy (non-hydrogen) atoms. The van der Waals surface area contributed by atoms with Gasteiger partial charge in [0.2, 0.25) is 0 Å². The van der Waals surface area contributed by atoms with Crippen molar-refractivity contribution in [3.8, 4) is 0 Å². The summed E-state index contributed by atoms with van der Waals surface area (Å²) in [5.41, 5.74) is 0.473. The molecule has 0 radical (unpaired) electrons. The van der Waals surface area contributed by atoms with E-state index in [0.717, 1.165) is 6.26 Å². The fourth-order valence-corrected chi connectivity index (χ4v) is 2.00.